The quantitative estimate of drug-likeness (QED) is 0.785. The summed E-state index contributed by atoms with van der Waals surface area (Å²) in [5.41, 5.74) is 0. The Labute approximate surface area is 106 Å². The molecule has 0 aromatic carbocycles. The summed E-state index contributed by atoms with van der Waals surface area (Å²) in [6, 6.07) is 0.744. The second-order valence-electron chi connectivity index (χ2n) is 5.61. The molecule has 16 heavy (non-hydrogen) atoms. The fourth-order valence-electron chi connectivity index (χ4n) is 2.50. The van der Waals surface area contributed by atoms with Crippen molar-refractivity contribution in [3.8, 4) is 0 Å². The van der Waals surface area contributed by atoms with Gasteiger partial charge in [-0.3, -0.25) is 0 Å². The van der Waals surface area contributed by atoms with Gasteiger partial charge in [-0.2, -0.15) is 11.8 Å². The van der Waals surface area contributed by atoms with Crippen LogP contribution in [-0.2, 0) is 0 Å². The van der Waals surface area contributed by atoms with E-state index < -0.39 is 0 Å². The van der Waals surface area contributed by atoms with Gasteiger partial charge in [0.1, 0.15) is 0 Å². The maximum atomic E-state index is 3.52. The average molecular weight is 243 g/mol. The van der Waals surface area contributed by atoms with E-state index in [0.717, 1.165) is 28.4 Å². The topological polar surface area (TPSA) is 12.0 Å². The average Bonchev–Trinajstić information content (AvgIpc) is 2.28. The van der Waals surface area contributed by atoms with Gasteiger partial charge in [-0.05, 0) is 38.1 Å². The maximum Gasteiger partial charge on any atom is 0.0206 e. The molecular weight excluding hydrogens is 214 g/mol. The first kappa shape index (κ1) is 14.4. The second-order valence-corrected chi connectivity index (χ2v) is 7.23. The molecule has 0 saturated heterocycles. The number of thioether (sulfide) groups is 1. The summed E-state index contributed by atoms with van der Waals surface area (Å²) in [6.07, 6.45) is 5.58. The van der Waals surface area contributed by atoms with E-state index in [1.165, 1.54) is 25.7 Å². The van der Waals surface area contributed by atoms with E-state index in [-0.39, 0.29) is 0 Å². The van der Waals surface area contributed by atoms with Crippen molar-refractivity contribution in [3.05, 3.63) is 0 Å². The summed E-state index contributed by atoms with van der Waals surface area (Å²) in [4.78, 5) is 0. The van der Waals surface area contributed by atoms with Crippen LogP contribution in [-0.4, -0.2) is 23.6 Å². The minimum Gasteiger partial charge on any atom is -0.316 e. The molecule has 96 valence electrons. The van der Waals surface area contributed by atoms with Crippen LogP contribution in [0.1, 0.15) is 53.4 Å². The van der Waals surface area contributed by atoms with Gasteiger partial charge in [-0.1, -0.05) is 34.1 Å². The molecule has 0 bridgehead atoms. The highest BCUT2D eigenvalue weighted by molar-refractivity contribution is 8.00. The largest absolute Gasteiger partial charge is 0.316 e. The number of rotatable bonds is 5. The Bertz CT molecular complexity index is 193. The van der Waals surface area contributed by atoms with Crippen molar-refractivity contribution in [1.82, 2.24) is 5.32 Å². The van der Waals surface area contributed by atoms with E-state index in [1.807, 2.05) is 0 Å². The molecule has 0 spiro atoms. The van der Waals surface area contributed by atoms with E-state index in [2.05, 4.69) is 51.8 Å². The molecule has 0 amide bonds. The molecule has 1 saturated carbocycles. The Morgan fingerprint density at radius 1 is 1.25 bits per heavy atom. The van der Waals surface area contributed by atoms with Crippen molar-refractivity contribution in [3.63, 3.8) is 0 Å². The highest BCUT2D eigenvalue weighted by Gasteiger charge is 2.30. The first-order chi connectivity index (χ1) is 7.58. The monoisotopic (exact) mass is 243 g/mol. The zero-order chi connectivity index (χ0) is 12.1. The van der Waals surface area contributed by atoms with Crippen LogP contribution in [0.2, 0.25) is 0 Å². The second kappa shape index (κ2) is 6.90. The number of hydrogen-bond donors (Lipinski definition) is 1. The Hall–Kier alpha value is 0.310. The Balaban J connectivity index is 2.51. The van der Waals surface area contributed by atoms with E-state index in [1.54, 1.807) is 0 Å². The molecule has 0 heterocycles. The summed E-state index contributed by atoms with van der Waals surface area (Å²) in [6.45, 7) is 9.41. The molecule has 4 unspecified atom stereocenters. The number of hydrogen-bond acceptors (Lipinski definition) is 2. The van der Waals surface area contributed by atoms with Gasteiger partial charge in [0.05, 0.1) is 0 Å². The van der Waals surface area contributed by atoms with Gasteiger partial charge >= 0.3 is 0 Å². The maximum absolute atomic E-state index is 3.52. The van der Waals surface area contributed by atoms with Gasteiger partial charge in [0.15, 0.2) is 0 Å². The van der Waals surface area contributed by atoms with Gasteiger partial charge < -0.3 is 5.32 Å². The van der Waals surface area contributed by atoms with Crippen LogP contribution in [0.4, 0.5) is 0 Å². The summed E-state index contributed by atoms with van der Waals surface area (Å²) in [7, 11) is 2.13. The van der Waals surface area contributed by atoms with E-state index in [0.29, 0.717) is 0 Å². The lowest BCUT2D eigenvalue weighted by Crippen LogP contribution is -2.41. The molecule has 4 atom stereocenters. The van der Waals surface area contributed by atoms with Crippen LogP contribution in [0, 0.1) is 11.8 Å². The third-order valence-corrected chi connectivity index (χ3v) is 6.02. The van der Waals surface area contributed by atoms with E-state index >= 15 is 0 Å². The molecule has 0 aromatic rings. The third kappa shape index (κ3) is 3.96. The standard InChI is InChI=1S/C14H29NS/c1-6-12-7-8-13(15-5)14(9-12)16-11(4)10(2)3/h10-15H,6-9H2,1-5H3. The number of nitrogens with one attached hydrogen (secondary N) is 1. The smallest absolute Gasteiger partial charge is 0.0206 e. The summed E-state index contributed by atoms with van der Waals surface area (Å²) in [5, 5.41) is 5.14. The van der Waals surface area contributed by atoms with Gasteiger partial charge in [0, 0.05) is 16.5 Å². The van der Waals surface area contributed by atoms with E-state index in [4.69, 9.17) is 0 Å². The van der Waals surface area contributed by atoms with Crippen LogP contribution < -0.4 is 5.32 Å². The molecule has 1 rings (SSSR count). The molecule has 1 aliphatic carbocycles. The molecular formula is C14H29NS. The first-order valence-corrected chi connectivity index (χ1v) is 7.85. The Morgan fingerprint density at radius 2 is 1.94 bits per heavy atom. The molecule has 1 nitrogen and oxygen atoms in total. The predicted molar refractivity (Wildman–Crippen MR) is 76.2 cm³/mol. The van der Waals surface area contributed by atoms with Crippen LogP contribution in [0.25, 0.3) is 0 Å². The first-order valence-electron chi connectivity index (χ1n) is 6.91. The highest BCUT2D eigenvalue weighted by atomic mass is 32.2. The fraction of sp³-hybridized carbons (Fsp3) is 1.00. The van der Waals surface area contributed by atoms with Crippen molar-refractivity contribution < 1.29 is 0 Å². The van der Waals surface area contributed by atoms with E-state index in [9.17, 15) is 0 Å². The molecule has 1 aliphatic rings. The summed E-state index contributed by atoms with van der Waals surface area (Å²) < 4.78 is 0. The zero-order valence-electron chi connectivity index (χ0n) is 11.6. The summed E-state index contributed by atoms with van der Waals surface area (Å²) >= 11 is 2.22. The molecule has 0 radical (unpaired) electrons. The minimum absolute atomic E-state index is 0.744. The molecule has 2 heteroatoms. The zero-order valence-corrected chi connectivity index (χ0v) is 12.4. The summed E-state index contributed by atoms with van der Waals surface area (Å²) in [5.74, 6) is 1.77. The fourth-order valence-corrected chi connectivity index (χ4v) is 4.21. The van der Waals surface area contributed by atoms with Crippen LogP contribution in [0.3, 0.4) is 0 Å². The van der Waals surface area contributed by atoms with Crippen molar-refractivity contribution >= 4 is 11.8 Å². The lowest BCUT2D eigenvalue weighted by atomic mass is 9.84. The minimum atomic E-state index is 0.744. The molecule has 0 aromatic heterocycles. The third-order valence-electron chi connectivity index (χ3n) is 4.18. The Morgan fingerprint density at radius 3 is 2.44 bits per heavy atom. The lowest BCUT2D eigenvalue weighted by Gasteiger charge is -2.37. The predicted octanol–water partition coefficient (Wildman–Crippen LogP) is 3.93. The van der Waals surface area contributed by atoms with Gasteiger partial charge in [-0.15, -0.1) is 0 Å². The van der Waals surface area contributed by atoms with Gasteiger partial charge in [-0.25, -0.2) is 0 Å². The van der Waals surface area contributed by atoms with Crippen LogP contribution in [0.5, 0.6) is 0 Å². The molecule has 1 N–H and O–H groups in total. The molecule has 0 aliphatic heterocycles. The van der Waals surface area contributed by atoms with Crippen molar-refractivity contribution in [1.29, 1.82) is 0 Å². The van der Waals surface area contributed by atoms with Crippen molar-refractivity contribution in [2.75, 3.05) is 7.05 Å². The lowest BCUT2D eigenvalue weighted by molar-refractivity contribution is 0.303. The van der Waals surface area contributed by atoms with Crippen molar-refractivity contribution in [2.45, 2.75) is 69.9 Å². The SMILES string of the molecule is CCC1CCC(NC)C(SC(C)C(C)C)C1. The van der Waals surface area contributed by atoms with Gasteiger partial charge in [0.2, 0.25) is 0 Å². The van der Waals surface area contributed by atoms with Crippen LogP contribution >= 0.6 is 11.8 Å². The normalized spacial score (nSPS) is 33.0. The van der Waals surface area contributed by atoms with Gasteiger partial charge in [0.25, 0.3) is 0 Å². The van der Waals surface area contributed by atoms with Crippen LogP contribution in [0.15, 0.2) is 0 Å². The highest BCUT2D eigenvalue weighted by Crippen LogP contribution is 2.37. The molecule has 1 fully saturated rings. The Kier molecular flexibility index (Phi) is 6.20. The van der Waals surface area contributed by atoms with Crippen molar-refractivity contribution in [2.24, 2.45) is 11.8 Å².